The number of Topliss-reactive ketones (excluding diaryl/α,β-unsaturated/α-hetero) is 1. The molecule has 0 spiro atoms. The molecule has 0 heterocycles. The van der Waals surface area contributed by atoms with Crippen LogP contribution in [0, 0.1) is 5.92 Å². The number of carbonyl (C=O) groups is 1. The quantitative estimate of drug-likeness (QED) is 0.779. The van der Waals surface area contributed by atoms with E-state index in [0.29, 0.717) is 12.5 Å². The second kappa shape index (κ2) is 6.14. The number of hydrogen-bond donors (Lipinski definition) is 1. The molecule has 0 bridgehead atoms. The molecule has 1 aliphatic carbocycles. The lowest BCUT2D eigenvalue weighted by atomic mass is 9.79. The maximum absolute atomic E-state index is 12.4. The molecule has 1 aromatic rings. The molecule has 1 aliphatic rings. The van der Waals surface area contributed by atoms with E-state index in [2.05, 4.69) is 19.1 Å². The first kappa shape index (κ1) is 13.3. The van der Waals surface area contributed by atoms with E-state index in [-0.39, 0.29) is 11.7 Å². The summed E-state index contributed by atoms with van der Waals surface area (Å²) >= 11 is 0. The maximum Gasteiger partial charge on any atom is 0.167 e. The molecule has 2 N–H and O–H groups in total. The van der Waals surface area contributed by atoms with Gasteiger partial charge in [0.2, 0.25) is 0 Å². The zero-order valence-electron chi connectivity index (χ0n) is 11.2. The Morgan fingerprint density at radius 3 is 2.78 bits per heavy atom. The van der Waals surface area contributed by atoms with Gasteiger partial charge in [0.05, 0.1) is 0 Å². The summed E-state index contributed by atoms with van der Waals surface area (Å²) in [5.74, 6) is 0.896. The highest BCUT2D eigenvalue weighted by Gasteiger charge is 2.22. The summed E-state index contributed by atoms with van der Waals surface area (Å²) in [4.78, 5) is 12.4. The third-order valence-corrected chi connectivity index (χ3v) is 4.04. The van der Waals surface area contributed by atoms with Gasteiger partial charge in [0.1, 0.15) is 0 Å². The minimum Gasteiger partial charge on any atom is -0.330 e. The van der Waals surface area contributed by atoms with Crippen LogP contribution in [0.5, 0.6) is 0 Å². The largest absolute Gasteiger partial charge is 0.330 e. The standard InChI is InChI=1S/C16H23NO/c1-2-5-15(11-17)16(18)14-9-4-8-13(10-14)12-6-3-7-12/h4,8-10,12,15H,2-3,5-7,11,17H2,1H3. The van der Waals surface area contributed by atoms with E-state index in [9.17, 15) is 4.79 Å². The lowest BCUT2D eigenvalue weighted by Crippen LogP contribution is -2.24. The number of benzene rings is 1. The van der Waals surface area contributed by atoms with E-state index in [1.807, 2.05) is 12.1 Å². The van der Waals surface area contributed by atoms with Gasteiger partial charge in [-0.2, -0.15) is 0 Å². The molecule has 98 valence electrons. The first-order valence-corrected chi connectivity index (χ1v) is 7.10. The number of nitrogens with two attached hydrogens (primary N) is 1. The van der Waals surface area contributed by atoms with Gasteiger partial charge in [0.15, 0.2) is 5.78 Å². The maximum atomic E-state index is 12.4. The van der Waals surface area contributed by atoms with E-state index >= 15 is 0 Å². The third kappa shape index (κ3) is 2.81. The van der Waals surface area contributed by atoms with Gasteiger partial charge in [0.25, 0.3) is 0 Å². The second-order valence-corrected chi connectivity index (χ2v) is 5.34. The first-order chi connectivity index (χ1) is 8.76. The predicted octanol–water partition coefficient (Wildman–Crippen LogP) is 3.51. The second-order valence-electron chi connectivity index (χ2n) is 5.34. The van der Waals surface area contributed by atoms with Crippen LogP contribution in [-0.2, 0) is 0 Å². The molecular formula is C16H23NO. The van der Waals surface area contributed by atoms with Crippen LogP contribution in [0.25, 0.3) is 0 Å². The van der Waals surface area contributed by atoms with E-state index in [1.54, 1.807) is 0 Å². The molecule has 0 amide bonds. The molecule has 0 saturated heterocycles. The summed E-state index contributed by atoms with van der Waals surface area (Å²) in [6.45, 7) is 2.56. The lowest BCUT2D eigenvalue weighted by molar-refractivity contribution is 0.0917. The van der Waals surface area contributed by atoms with Crippen LogP contribution in [0.4, 0.5) is 0 Å². The van der Waals surface area contributed by atoms with Crippen molar-refractivity contribution in [3.05, 3.63) is 35.4 Å². The van der Waals surface area contributed by atoms with Gasteiger partial charge in [-0.3, -0.25) is 4.79 Å². The molecule has 1 fully saturated rings. The van der Waals surface area contributed by atoms with Gasteiger partial charge in [-0.1, -0.05) is 38.0 Å². The third-order valence-electron chi connectivity index (χ3n) is 4.04. The summed E-state index contributed by atoms with van der Waals surface area (Å²) < 4.78 is 0. The van der Waals surface area contributed by atoms with E-state index in [0.717, 1.165) is 18.4 Å². The monoisotopic (exact) mass is 245 g/mol. The van der Waals surface area contributed by atoms with Gasteiger partial charge in [-0.15, -0.1) is 0 Å². The molecule has 2 rings (SSSR count). The average molecular weight is 245 g/mol. The zero-order chi connectivity index (χ0) is 13.0. The Morgan fingerprint density at radius 1 is 1.44 bits per heavy atom. The fourth-order valence-corrected chi connectivity index (χ4v) is 2.63. The van der Waals surface area contributed by atoms with Crippen molar-refractivity contribution < 1.29 is 4.79 Å². The van der Waals surface area contributed by atoms with Crippen molar-refractivity contribution in [2.75, 3.05) is 6.54 Å². The van der Waals surface area contributed by atoms with Gasteiger partial charge in [0, 0.05) is 18.0 Å². The molecule has 0 aliphatic heterocycles. The van der Waals surface area contributed by atoms with Crippen molar-refractivity contribution in [3.8, 4) is 0 Å². The summed E-state index contributed by atoms with van der Waals surface area (Å²) in [5.41, 5.74) is 7.89. The molecule has 0 radical (unpaired) electrons. The molecule has 1 saturated carbocycles. The molecule has 2 nitrogen and oxygen atoms in total. The van der Waals surface area contributed by atoms with Gasteiger partial charge >= 0.3 is 0 Å². The molecule has 2 heteroatoms. The van der Waals surface area contributed by atoms with Crippen molar-refractivity contribution >= 4 is 5.78 Å². The van der Waals surface area contributed by atoms with Crippen molar-refractivity contribution in [2.45, 2.75) is 44.9 Å². The first-order valence-electron chi connectivity index (χ1n) is 7.10. The molecule has 1 atom stereocenters. The van der Waals surface area contributed by atoms with Gasteiger partial charge in [-0.05, 0) is 36.8 Å². The van der Waals surface area contributed by atoms with Crippen molar-refractivity contribution in [1.82, 2.24) is 0 Å². The highest BCUT2D eigenvalue weighted by atomic mass is 16.1. The fraction of sp³-hybridized carbons (Fsp3) is 0.562. The summed E-state index contributed by atoms with van der Waals surface area (Å²) in [6, 6.07) is 8.19. The summed E-state index contributed by atoms with van der Waals surface area (Å²) in [7, 11) is 0. The highest BCUT2D eigenvalue weighted by molar-refractivity contribution is 5.98. The van der Waals surface area contributed by atoms with E-state index in [4.69, 9.17) is 5.73 Å². The average Bonchev–Trinajstić information content (AvgIpc) is 2.33. The van der Waals surface area contributed by atoms with Crippen molar-refractivity contribution in [1.29, 1.82) is 0 Å². The Morgan fingerprint density at radius 2 is 2.22 bits per heavy atom. The van der Waals surface area contributed by atoms with E-state index < -0.39 is 0 Å². The molecule has 1 unspecified atom stereocenters. The minimum atomic E-state index is -0.00774. The molecule has 0 aromatic heterocycles. The Kier molecular flexibility index (Phi) is 4.54. The number of rotatable bonds is 6. The fourth-order valence-electron chi connectivity index (χ4n) is 2.63. The van der Waals surface area contributed by atoms with Crippen molar-refractivity contribution in [2.24, 2.45) is 11.7 Å². The number of carbonyl (C=O) groups excluding carboxylic acids is 1. The Labute approximate surface area is 110 Å². The van der Waals surface area contributed by atoms with Crippen LogP contribution in [0.2, 0.25) is 0 Å². The SMILES string of the molecule is CCCC(CN)C(=O)c1cccc(C2CCC2)c1. The molecular weight excluding hydrogens is 222 g/mol. The topological polar surface area (TPSA) is 43.1 Å². The normalized spacial score (nSPS) is 17.2. The number of ketones is 1. The van der Waals surface area contributed by atoms with E-state index in [1.165, 1.54) is 24.8 Å². The van der Waals surface area contributed by atoms with Crippen LogP contribution in [0.1, 0.15) is 60.9 Å². The van der Waals surface area contributed by atoms with Crippen LogP contribution < -0.4 is 5.73 Å². The van der Waals surface area contributed by atoms with Crippen LogP contribution in [0.15, 0.2) is 24.3 Å². The number of hydrogen-bond acceptors (Lipinski definition) is 2. The van der Waals surface area contributed by atoms with Crippen LogP contribution >= 0.6 is 0 Å². The minimum absolute atomic E-state index is 0.00774. The highest BCUT2D eigenvalue weighted by Crippen LogP contribution is 2.36. The summed E-state index contributed by atoms with van der Waals surface area (Å²) in [6.07, 6.45) is 5.77. The zero-order valence-corrected chi connectivity index (χ0v) is 11.2. The Balaban J connectivity index is 2.13. The summed E-state index contributed by atoms with van der Waals surface area (Å²) in [5, 5.41) is 0. The molecule has 1 aromatic carbocycles. The lowest BCUT2D eigenvalue weighted by Gasteiger charge is -2.26. The van der Waals surface area contributed by atoms with Crippen LogP contribution in [-0.4, -0.2) is 12.3 Å². The smallest absolute Gasteiger partial charge is 0.167 e. The van der Waals surface area contributed by atoms with Crippen molar-refractivity contribution in [3.63, 3.8) is 0 Å². The predicted molar refractivity (Wildman–Crippen MR) is 74.8 cm³/mol. The molecule has 18 heavy (non-hydrogen) atoms. The van der Waals surface area contributed by atoms with Crippen LogP contribution in [0.3, 0.4) is 0 Å². The van der Waals surface area contributed by atoms with Gasteiger partial charge in [-0.25, -0.2) is 0 Å². The Bertz CT molecular complexity index is 409. The van der Waals surface area contributed by atoms with Gasteiger partial charge < -0.3 is 5.73 Å². The Hall–Kier alpha value is -1.15.